The van der Waals surface area contributed by atoms with Gasteiger partial charge in [0, 0.05) is 0 Å². The molecule has 1 aromatic rings. The maximum Gasteiger partial charge on any atom is 0.119 e. The van der Waals surface area contributed by atoms with Crippen molar-refractivity contribution in [2.24, 2.45) is 11.8 Å². The Kier molecular flexibility index (Phi) is 5.01. The second-order valence-corrected chi connectivity index (χ2v) is 5.28. The second-order valence-electron chi connectivity index (χ2n) is 5.28. The van der Waals surface area contributed by atoms with E-state index in [-0.39, 0.29) is 12.0 Å². The molecule has 2 heteroatoms. The Morgan fingerprint density at radius 2 is 1.47 bits per heavy atom. The van der Waals surface area contributed by atoms with E-state index in [4.69, 9.17) is 4.74 Å². The predicted octanol–water partition coefficient (Wildman–Crippen LogP) is 3.80. The van der Waals surface area contributed by atoms with Gasteiger partial charge in [0.15, 0.2) is 0 Å². The minimum Gasteiger partial charge on any atom is -0.491 e. The number of ether oxygens (including phenoxy) is 1. The smallest absolute Gasteiger partial charge is 0.119 e. The van der Waals surface area contributed by atoms with Crippen molar-refractivity contribution in [1.82, 2.24) is 0 Å². The van der Waals surface area contributed by atoms with Crippen LogP contribution in [0.1, 0.15) is 46.3 Å². The van der Waals surface area contributed by atoms with Crippen LogP contribution in [-0.4, -0.2) is 11.2 Å². The lowest BCUT2D eigenvalue weighted by Gasteiger charge is -2.22. The van der Waals surface area contributed by atoms with Crippen LogP contribution in [0.25, 0.3) is 0 Å². The molecule has 0 spiro atoms. The Morgan fingerprint density at radius 1 is 0.941 bits per heavy atom. The molecule has 2 atom stereocenters. The summed E-state index contributed by atoms with van der Waals surface area (Å²) in [6, 6.07) is 7.74. The van der Waals surface area contributed by atoms with Gasteiger partial charge in [-0.1, -0.05) is 32.9 Å². The molecule has 0 fully saturated rings. The van der Waals surface area contributed by atoms with Gasteiger partial charge in [-0.25, -0.2) is 0 Å². The molecule has 0 radical (unpaired) electrons. The molecule has 1 aromatic carbocycles. The summed E-state index contributed by atoms with van der Waals surface area (Å²) < 4.78 is 5.58. The molecule has 0 bridgehead atoms. The van der Waals surface area contributed by atoms with E-state index >= 15 is 0 Å². The van der Waals surface area contributed by atoms with Crippen molar-refractivity contribution in [2.75, 3.05) is 0 Å². The molecule has 96 valence electrons. The molecule has 0 aliphatic carbocycles. The van der Waals surface area contributed by atoms with Crippen LogP contribution in [0, 0.1) is 11.8 Å². The Hall–Kier alpha value is -1.02. The molecule has 0 aromatic heterocycles. The molecule has 0 saturated carbocycles. The molecule has 0 saturated heterocycles. The molecule has 0 aliphatic rings. The summed E-state index contributed by atoms with van der Waals surface area (Å²) in [7, 11) is 0. The molecule has 0 heterocycles. The fourth-order valence-electron chi connectivity index (χ4n) is 1.68. The van der Waals surface area contributed by atoms with Gasteiger partial charge in [0.05, 0.1) is 12.2 Å². The number of aliphatic hydroxyl groups is 1. The average molecular weight is 236 g/mol. The highest BCUT2D eigenvalue weighted by Gasteiger charge is 2.19. The van der Waals surface area contributed by atoms with Crippen molar-refractivity contribution in [1.29, 1.82) is 0 Å². The number of hydrogen-bond acceptors (Lipinski definition) is 2. The second kappa shape index (κ2) is 6.06. The number of rotatable bonds is 5. The van der Waals surface area contributed by atoms with Gasteiger partial charge in [0.1, 0.15) is 5.75 Å². The summed E-state index contributed by atoms with van der Waals surface area (Å²) in [5.74, 6) is 1.58. The first-order chi connectivity index (χ1) is 7.91. The van der Waals surface area contributed by atoms with Gasteiger partial charge in [-0.05, 0) is 43.4 Å². The molecule has 0 aliphatic heterocycles. The van der Waals surface area contributed by atoms with Crippen molar-refractivity contribution in [3.05, 3.63) is 29.8 Å². The first-order valence-corrected chi connectivity index (χ1v) is 6.36. The lowest BCUT2D eigenvalue weighted by atomic mass is 9.88. The van der Waals surface area contributed by atoms with Gasteiger partial charge in [0.25, 0.3) is 0 Å². The highest BCUT2D eigenvalue weighted by molar-refractivity contribution is 5.29. The monoisotopic (exact) mass is 236 g/mol. The molecule has 17 heavy (non-hydrogen) atoms. The Balaban J connectivity index is 2.73. The summed E-state index contributed by atoms with van der Waals surface area (Å²) in [5.41, 5.74) is 0.960. The van der Waals surface area contributed by atoms with Gasteiger partial charge in [-0.2, -0.15) is 0 Å². The fourth-order valence-corrected chi connectivity index (χ4v) is 1.68. The van der Waals surface area contributed by atoms with Gasteiger partial charge in [0.2, 0.25) is 0 Å². The van der Waals surface area contributed by atoms with Crippen LogP contribution >= 0.6 is 0 Å². The third-order valence-corrected chi connectivity index (χ3v) is 3.14. The first kappa shape index (κ1) is 14.0. The quantitative estimate of drug-likeness (QED) is 0.842. The number of aliphatic hydroxyl groups excluding tert-OH is 1. The standard InChI is InChI=1S/C15H24O2/c1-10(2)12(5)15(16)13-6-8-14(9-7-13)17-11(3)4/h6-12,15-16H,1-5H3. The van der Waals surface area contributed by atoms with Gasteiger partial charge in [-0.3, -0.25) is 0 Å². The predicted molar refractivity (Wildman–Crippen MR) is 71.2 cm³/mol. The highest BCUT2D eigenvalue weighted by atomic mass is 16.5. The molecule has 2 unspecified atom stereocenters. The van der Waals surface area contributed by atoms with Crippen LogP contribution in [0.3, 0.4) is 0 Å². The first-order valence-electron chi connectivity index (χ1n) is 6.36. The van der Waals surface area contributed by atoms with E-state index in [1.165, 1.54) is 0 Å². The normalized spacial score (nSPS) is 15.1. The van der Waals surface area contributed by atoms with Crippen LogP contribution in [0.15, 0.2) is 24.3 Å². The summed E-state index contributed by atoms with van der Waals surface area (Å²) in [5, 5.41) is 10.2. The van der Waals surface area contributed by atoms with Crippen LogP contribution < -0.4 is 4.74 Å². The zero-order valence-electron chi connectivity index (χ0n) is 11.5. The van der Waals surface area contributed by atoms with E-state index in [0.717, 1.165) is 11.3 Å². The van der Waals surface area contributed by atoms with E-state index in [2.05, 4.69) is 20.8 Å². The molecule has 1 N–H and O–H groups in total. The van der Waals surface area contributed by atoms with E-state index < -0.39 is 6.10 Å². The maximum absolute atomic E-state index is 10.2. The number of hydrogen-bond donors (Lipinski definition) is 1. The zero-order valence-corrected chi connectivity index (χ0v) is 11.5. The van der Waals surface area contributed by atoms with Crippen LogP contribution in [0.2, 0.25) is 0 Å². The minimum atomic E-state index is -0.400. The SMILES string of the molecule is CC(C)Oc1ccc(C(O)C(C)C(C)C)cc1. The molecular weight excluding hydrogens is 212 g/mol. The van der Waals surface area contributed by atoms with Crippen LogP contribution in [0.5, 0.6) is 5.75 Å². The minimum absolute atomic E-state index is 0.181. The summed E-state index contributed by atoms with van der Waals surface area (Å²) in [6.07, 6.45) is -0.219. The molecule has 0 amide bonds. The average Bonchev–Trinajstić information content (AvgIpc) is 2.27. The third kappa shape index (κ3) is 4.04. The van der Waals surface area contributed by atoms with E-state index in [0.29, 0.717) is 5.92 Å². The molecular formula is C15H24O2. The Bertz CT molecular complexity index is 327. The summed E-state index contributed by atoms with van der Waals surface area (Å²) >= 11 is 0. The van der Waals surface area contributed by atoms with Gasteiger partial charge in [-0.15, -0.1) is 0 Å². The Morgan fingerprint density at radius 3 is 1.88 bits per heavy atom. The van der Waals surface area contributed by atoms with Crippen molar-refractivity contribution < 1.29 is 9.84 Å². The summed E-state index contributed by atoms with van der Waals surface area (Å²) in [6.45, 7) is 10.3. The van der Waals surface area contributed by atoms with Crippen molar-refractivity contribution in [2.45, 2.75) is 46.8 Å². The molecule has 2 nitrogen and oxygen atoms in total. The zero-order chi connectivity index (χ0) is 13.0. The van der Waals surface area contributed by atoms with Gasteiger partial charge < -0.3 is 9.84 Å². The largest absolute Gasteiger partial charge is 0.491 e. The van der Waals surface area contributed by atoms with Crippen LogP contribution in [-0.2, 0) is 0 Å². The lowest BCUT2D eigenvalue weighted by Crippen LogP contribution is -2.15. The summed E-state index contributed by atoms with van der Waals surface area (Å²) in [4.78, 5) is 0. The van der Waals surface area contributed by atoms with Gasteiger partial charge >= 0.3 is 0 Å². The molecule has 1 rings (SSSR count). The van der Waals surface area contributed by atoms with E-state index in [1.54, 1.807) is 0 Å². The fraction of sp³-hybridized carbons (Fsp3) is 0.600. The van der Waals surface area contributed by atoms with E-state index in [9.17, 15) is 5.11 Å². The van der Waals surface area contributed by atoms with Crippen molar-refractivity contribution in [3.63, 3.8) is 0 Å². The Labute approximate surface area is 105 Å². The van der Waals surface area contributed by atoms with Crippen molar-refractivity contribution in [3.8, 4) is 5.75 Å². The van der Waals surface area contributed by atoms with E-state index in [1.807, 2.05) is 38.1 Å². The third-order valence-electron chi connectivity index (χ3n) is 3.14. The topological polar surface area (TPSA) is 29.5 Å². The lowest BCUT2D eigenvalue weighted by molar-refractivity contribution is 0.0920. The van der Waals surface area contributed by atoms with Crippen LogP contribution in [0.4, 0.5) is 0 Å². The number of benzene rings is 1. The maximum atomic E-state index is 10.2. The van der Waals surface area contributed by atoms with Crippen molar-refractivity contribution >= 4 is 0 Å². The highest BCUT2D eigenvalue weighted by Crippen LogP contribution is 2.28.